The van der Waals surface area contributed by atoms with Gasteiger partial charge in [0.15, 0.2) is 0 Å². The van der Waals surface area contributed by atoms with Gasteiger partial charge in [0, 0.05) is 24.9 Å². The maximum absolute atomic E-state index is 12.1. The number of hydrogen-bond acceptors (Lipinski definition) is 3. The molecule has 2 heterocycles. The van der Waals surface area contributed by atoms with E-state index in [-0.39, 0.29) is 24.5 Å². The van der Waals surface area contributed by atoms with Crippen LogP contribution in [0.5, 0.6) is 0 Å². The molecule has 3 nitrogen and oxygen atoms in total. The molecule has 4 heteroatoms. The van der Waals surface area contributed by atoms with Crippen molar-refractivity contribution in [3.05, 3.63) is 35.9 Å². The number of rotatable bonds is 3. The molecular formula is C16H22ClNO2. The molecule has 2 fully saturated rings. The number of carbonyl (C=O) groups is 1. The molecule has 2 bridgehead atoms. The van der Waals surface area contributed by atoms with Gasteiger partial charge < -0.3 is 4.74 Å². The first-order valence-electron chi connectivity index (χ1n) is 7.29. The number of nitrogens with zero attached hydrogens (tertiary/aromatic N) is 1. The normalized spacial score (nSPS) is 28.8. The summed E-state index contributed by atoms with van der Waals surface area (Å²) in [6.45, 7) is 3.34. The zero-order chi connectivity index (χ0) is 13.2. The third-order valence-corrected chi connectivity index (χ3v) is 4.49. The molecule has 2 aliphatic heterocycles. The van der Waals surface area contributed by atoms with Gasteiger partial charge in [-0.1, -0.05) is 25.1 Å². The molecule has 2 unspecified atom stereocenters. The number of hydrogen-bond donors (Lipinski definition) is 0. The molecule has 0 aliphatic carbocycles. The molecule has 0 amide bonds. The summed E-state index contributed by atoms with van der Waals surface area (Å²) in [7, 11) is 0. The average molecular weight is 296 g/mol. The van der Waals surface area contributed by atoms with Gasteiger partial charge in [0.2, 0.25) is 0 Å². The molecule has 0 spiro atoms. The lowest BCUT2D eigenvalue weighted by atomic mass is 10.00. The molecule has 0 aromatic heterocycles. The van der Waals surface area contributed by atoms with Crippen LogP contribution in [0.4, 0.5) is 0 Å². The Kier molecular flexibility index (Phi) is 5.06. The van der Waals surface area contributed by atoms with E-state index in [2.05, 4.69) is 11.8 Å². The minimum absolute atomic E-state index is 0. The highest BCUT2D eigenvalue weighted by molar-refractivity contribution is 5.89. The first-order chi connectivity index (χ1) is 9.28. The Labute approximate surface area is 126 Å². The zero-order valence-electron chi connectivity index (χ0n) is 11.8. The van der Waals surface area contributed by atoms with Gasteiger partial charge in [0.25, 0.3) is 0 Å². The molecule has 0 N–H and O–H groups in total. The van der Waals surface area contributed by atoms with E-state index in [0.717, 1.165) is 19.4 Å². The van der Waals surface area contributed by atoms with Gasteiger partial charge in [-0.05, 0) is 31.5 Å². The van der Waals surface area contributed by atoms with E-state index in [4.69, 9.17) is 4.74 Å². The highest BCUT2D eigenvalue weighted by atomic mass is 35.5. The average Bonchev–Trinajstić information content (AvgIpc) is 2.70. The fourth-order valence-corrected chi connectivity index (χ4v) is 3.63. The summed E-state index contributed by atoms with van der Waals surface area (Å²) in [5.41, 5.74) is 0.660. The van der Waals surface area contributed by atoms with Gasteiger partial charge in [0.05, 0.1) is 5.56 Å². The quantitative estimate of drug-likeness (QED) is 0.802. The van der Waals surface area contributed by atoms with Crippen LogP contribution in [0.3, 0.4) is 0 Å². The Balaban J connectivity index is 0.00000147. The first-order valence-corrected chi connectivity index (χ1v) is 7.29. The molecule has 0 saturated carbocycles. The smallest absolute Gasteiger partial charge is 0.338 e. The zero-order valence-corrected chi connectivity index (χ0v) is 12.6. The van der Waals surface area contributed by atoms with Crippen LogP contribution < -0.4 is 0 Å². The highest BCUT2D eigenvalue weighted by Gasteiger charge is 2.41. The fraction of sp³-hybridized carbons (Fsp3) is 0.562. The lowest BCUT2D eigenvalue weighted by Crippen LogP contribution is -2.45. The fourth-order valence-electron chi connectivity index (χ4n) is 3.63. The maximum Gasteiger partial charge on any atom is 0.338 e. The minimum atomic E-state index is -0.171. The second-order valence-electron chi connectivity index (χ2n) is 5.58. The Bertz CT molecular complexity index is 437. The predicted molar refractivity (Wildman–Crippen MR) is 81.3 cm³/mol. The third-order valence-electron chi connectivity index (χ3n) is 4.49. The topological polar surface area (TPSA) is 29.5 Å². The number of benzene rings is 1. The van der Waals surface area contributed by atoms with Gasteiger partial charge in [-0.2, -0.15) is 0 Å². The summed E-state index contributed by atoms with van der Waals surface area (Å²) in [6.07, 6.45) is 4.63. The molecule has 2 atom stereocenters. The van der Waals surface area contributed by atoms with Crippen molar-refractivity contribution < 1.29 is 9.53 Å². The van der Waals surface area contributed by atoms with Crippen LogP contribution in [0.1, 0.15) is 43.0 Å². The molecule has 2 aliphatic rings. The molecular weight excluding hydrogens is 274 g/mol. The van der Waals surface area contributed by atoms with Crippen molar-refractivity contribution in [1.29, 1.82) is 0 Å². The van der Waals surface area contributed by atoms with Gasteiger partial charge in [-0.3, -0.25) is 4.90 Å². The summed E-state index contributed by atoms with van der Waals surface area (Å²) in [6, 6.07) is 10.5. The number of carbonyl (C=O) groups excluding carboxylic acids is 1. The van der Waals surface area contributed by atoms with E-state index >= 15 is 0 Å². The van der Waals surface area contributed by atoms with E-state index < -0.39 is 0 Å². The summed E-state index contributed by atoms with van der Waals surface area (Å²) >= 11 is 0. The molecule has 1 aromatic carbocycles. The van der Waals surface area contributed by atoms with E-state index in [9.17, 15) is 4.79 Å². The van der Waals surface area contributed by atoms with Crippen LogP contribution in [0.25, 0.3) is 0 Å². The van der Waals surface area contributed by atoms with Gasteiger partial charge in [0.1, 0.15) is 6.10 Å². The molecule has 110 valence electrons. The van der Waals surface area contributed by atoms with Crippen LogP contribution >= 0.6 is 12.4 Å². The van der Waals surface area contributed by atoms with Gasteiger partial charge >= 0.3 is 5.97 Å². The Morgan fingerprint density at radius 3 is 2.35 bits per heavy atom. The van der Waals surface area contributed by atoms with E-state index in [1.54, 1.807) is 0 Å². The summed E-state index contributed by atoms with van der Waals surface area (Å²) in [5.74, 6) is -0.171. The van der Waals surface area contributed by atoms with Crippen molar-refractivity contribution in [2.75, 3.05) is 6.54 Å². The van der Waals surface area contributed by atoms with E-state index in [1.807, 2.05) is 30.3 Å². The van der Waals surface area contributed by atoms with Gasteiger partial charge in [-0.25, -0.2) is 4.79 Å². The monoisotopic (exact) mass is 295 g/mol. The van der Waals surface area contributed by atoms with Crippen LogP contribution in [-0.4, -0.2) is 35.6 Å². The number of piperidine rings is 1. The predicted octanol–water partition coefficient (Wildman–Crippen LogP) is 3.28. The second kappa shape index (κ2) is 6.59. The van der Waals surface area contributed by atoms with Crippen molar-refractivity contribution in [3.63, 3.8) is 0 Å². The van der Waals surface area contributed by atoms with Gasteiger partial charge in [-0.15, -0.1) is 12.4 Å². The summed E-state index contributed by atoms with van der Waals surface area (Å²) < 4.78 is 5.69. The third kappa shape index (κ3) is 2.99. The summed E-state index contributed by atoms with van der Waals surface area (Å²) in [4.78, 5) is 14.6. The first kappa shape index (κ1) is 15.3. The van der Waals surface area contributed by atoms with E-state index in [1.165, 1.54) is 12.8 Å². The molecule has 2 saturated heterocycles. The molecule has 3 rings (SSSR count). The van der Waals surface area contributed by atoms with Crippen molar-refractivity contribution in [2.45, 2.75) is 50.8 Å². The Hall–Kier alpha value is -1.06. The number of esters is 1. The number of fused-ring (bicyclic) bond motifs is 2. The van der Waals surface area contributed by atoms with Crippen molar-refractivity contribution >= 4 is 18.4 Å². The largest absolute Gasteiger partial charge is 0.459 e. The van der Waals surface area contributed by atoms with Crippen LogP contribution in [0.2, 0.25) is 0 Å². The van der Waals surface area contributed by atoms with Crippen LogP contribution in [0.15, 0.2) is 30.3 Å². The van der Waals surface area contributed by atoms with Crippen LogP contribution in [0, 0.1) is 0 Å². The second-order valence-corrected chi connectivity index (χ2v) is 5.58. The van der Waals surface area contributed by atoms with Crippen molar-refractivity contribution in [3.8, 4) is 0 Å². The number of ether oxygens (including phenoxy) is 1. The standard InChI is InChI=1S/C16H21NO2.ClH/c1-2-17-13-8-9-14(17)11-15(10-13)19-16(18)12-6-4-3-5-7-12;/h3-7,13-15H,2,8-11H2,1H3;1H. The van der Waals surface area contributed by atoms with E-state index in [0.29, 0.717) is 17.6 Å². The minimum Gasteiger partial charge on any atom is -0.459 e. The molecule has 20 heavy (non-hydrogen) atoms. The van der Waals surface area contributed by atoms with Crippen molar-refractivity contribution in [1.82, 2.24) is 4.90 Å². The lowest BCUT2D eigenvalue weighted by molar-refractivity contribution is -0.00478. The summed E-state index contributed by atoms with van der Waals surface area (Å²) in [5, 5.41) is 0. The molecule has 1 aromatic rings. The lowest BCUT2D eigenvalue weighted by Gasteiger charge is -2.37. The number of halogens is 1. The Morgan fingerprint density at radius 2 is 1.80 bits per heavy atom. The highest BCUT2D eigenvalue weighted by Crippen LogP contribution is 2.36. The van der Waals surface area contributed by atoms with Crippen molar-refractivity contribution in [2.24, 2.45) is 0 Å². The molecule has 0 radical (unpaired) electrons. The Morgan fingerprint density at radius 1 is 1.20 bits per heavy atom. The van der Waals surface area contributed by atoms with Crippen LogP contribution in [-0.2, 0) is 4.74 Å². The SMILES string of the molecule is CCN1C2CCC1CC(OC(=O)c1ccccc1)C2.Cl. The maximum atomic E-state index is 12.1.